The molecule has 0 atom stereocenters. The fourth-order valence-corrected chi connectivity index (χ4v) is 4.68. The summed E-state index contributed by atoms with van der Waals surface area (Å²) in [6.45, 7) is 0. The summed E-state index contributed by atoms with van der Waals surface area (Å²) in [5.74, 6) is 0.523. The van der Waals surface area contributed by atoms with Crippen LogP contribution in [0.4, 0.5) is 4.79 Å². The maximum atomic E-state index is 10.8. The zero-order valence-electron chi connectivity index (χ0n) is 13.2. The first-order chi connectivity index (χ1) is 11.7. The lowest BCUT2D eigenvalue weighted by Crippen LogP contribution is -2.05. The SMILES string of the molecule is O=C(O)Oc1cc2c(C3CCCCC3)c(-c3ccccc3)[nH]c2s1. The Bertz CT molecular complexity index is 860. The van der Waals surface area contributed by atoms with E-state index in [4.69, 9.17) is 9.84 Å². The third kappa shape index (κ3) is 2.80. The van der Waals surface area contributed by atoms with Crippen molar-refractivity contribution in [2.45, 2.75) is 38.0 Å². The zero-order chi connectivity index (χ0) is 16.5. The van der Waals surface area contributed by atoms with Crippen LogP contribution in [0.5, 0.6) is 5.06 Å². The van der Waals surface area contributed by atoms with Crippen molar-refractivity contribution in [3.8, 4) is 16.3 Å². The number of thiophene rings is 1. The Labute approximate surface area is 144 Å². The smallest absolute Gasteiger partial charge is 0.449 e. The standard InChI is InChI=1S/C19H19NO3S/c21-19(22)23-15-11-14-16(12-7-3-1-4-8-12)17(20-18(14)24-15)13-9-5-2-6-10-13/h2,5-6,9-12,20H,1,3-4,7-8H2,(H,21,22). The number of hydrogen-bond acceptors (Lipinski definition) is 3. The van der Waals surface area contributed by atoms with Gasteiger partial charge in [0.1, 0.15) is 4.83 Å². The lowest BCUT2D eigenvalue weighted by atomic mass is 9.82. The molecule has 2 N–H and O–H groups in total. The maximum Gasteiger partial charge on any atom is 0.512 e. The average molecular weight is 341 g/mol. The molecule has 1 aliphatic carbocycles. The number of aromatic amines is 1. The third-order valence-corrected chi connectivity index (χ3v) is 5.70. The molecule has 4 nitrogen and oxygen atoms in total. The molecule has 2 heterocycles. The van der Waals surface area contributed by atoms with Gasteiger partial charge in [-0.15, -0.1) is 0 Å². The van der Waals surface area contributed by atoms with Gasteiger partial charge in [-0.2, -0.15) is 0 Å². The molecule has 0 amide bonds. The summed E-state index contributed by atoms with van der Waals surface area (Å²) in [5.41, 5.74) is 3.68. The highest BCUT2D eigenvalue weighted by atomic mass is 32.1. The van der Waals surface area contributed by atoms with Crippen LogP contribution in [0.1, 0.15) is 43.6 Å². The molecule has 124 valence electrons. The molecular formula is C19H19NO3S. The van der Waals surface area contributed by atoms with Crippen molar-refractivity contribution in [1.29, 1.82) is 0 Å². The van der Waals surface area contributed by atoms with E-state index < -0.39 is 6.16 Å². The van der Waals surface area contributed by atoms with Gasteiger partial charge in [0, 0.05) is 11.5 Å². The Morgan fingerprint density at radius 1 is 1.17 bits per heavy atom. The Morgan fingerprint density at radius 2 is 1.92 bits per heavy atom. The lowest BCUT2D eigenvalue weighted by Gasteiger charge is -2.22. The molecule has 2 aromatic heterocycles. The van der Waals surface area contributed by atoms with E-state index in [1.807, 2.05) is 24.3 Å². The number of fused-ring (bicyclic) bond motifs is 1. The molecule has 4 rings (SSSR count). The summed E-state index contributed by atoms with van der Waals surface area (Å²) in [5, 5.41) is 10.4. The molecular weight excluding hydrogens is 322 g/mol. The highest BCUT2D eigenvalue weighted by molar-refractivity contribution is 7.20. The predicted molar refractivity (Wildman–Crippen MR) is 96.1 cm³/mol. The number of hydrogen-bond donors (Lipinski definition) is 2. The molecule has 5 heteroatoms. The van der Waals surface area contributed by atoms with Gasteiger partial charge in [-0.05, 0) is 29.9 Å². The van der Waals surface area contributed by atoms with Crippen LogP contribution < -0.4 is 4.74 Å². The van der Waals surface area contributed by atoms with Crippen molar-refractivity contribution in [2.24, 2.45) is 0 Å². The Hall–Kier alpha value is -2.27. The maximum absolute atomic E-state index is 10.8. The summed E-state index contributed by atoms with van der Waals surface area (Å²) < 4.78 is 4.86. The number of ether oxygens (including phenoxy) is 1. The van der Waals surface area contributed by atoms with Crippen LogP contribution in [0.3, 0.4) is 0 Å². The first kappa shape index (κ1) is 15.3. The predicted octanol–water partition coefficient (Wildman–Crippen LogP) is 6.00. The Balaban J connectivity index is 1.85. The minimum atomic E-state index is -1.26. The molecule has 0 bridgehead atoms. The number of nitrogens with one attached hydrogen (secondary N) is 1. The van der Waals surface area contributed by atoms with Crippen molar-refractivity contribution >= 4 is 27.7 Å². The summed E-state index contributed by atoms with van der Waals surface area (Å²) in [6.07, 6.45) is 4.95. The van der Waals surface area contributed by atoms with E-state index in [9.17, 15) is 4.79 Å². The average Bonchev–Trinajstić information content (AvgIpc) is 3.12. The van der Waals surface area contributed by atoms with E-state index in [-0.39, 0.29) is 0 Å². The van der Waals surface area contributed by atoms with Crippen LogP contribution in [0.25, 0.3) is 21.5 Å². The number of carboxylic acid groups (broad SMARTS) is 1. The van der Waals surface area contributed by atoms with Gasteiger partial charge in [0.2, 0.25) is 0 Å². The Kier molecular flexibility index (Phi) is 4.02. The molecule has 1 aromatic carbocycles. The van der Waals surface area contributed by atoms with E-state index in [0.29, 0.717) is 11.0 Å². The second kappa shape index (κ2) is 6.32. The van der Waals surface area contributed by atoms with Crippen LogP contribution in [-0.4, -0.2) is 16.2 Å². The summed E-state index contributed by atoms with van der Waals surface area (Å²) in [6, 6.07) is 12.2. The van der Waals surface area contributed by atoms with Crippen molar-refractivity contribution in [1.82, 2.24) is 4.98 Å². The van der Waals surface area contributed by atoms with Crippen LogP contribution >= 0.6 is 11.3 Å². The Morgan fingerprint density at radius 3 is 2.62 bits per heavy atom. The van der Waals surface area contributed by atoms with Crippen LogP contribution in [0, 0.1) is 0 Å². The number of benzene rings is 1. The summed E-state index contributed by atoms with van der Waals surface area (Å²) in [7, 11) is 0. The van der Waals surface area contributed by atoms with Crippen LogP contribution in [-0.2, 0) is 0 Å². The normalized spacial score (nSPS) is 15.7. The minimum Gasteiger partial charge on any atom is -0.449 e. The van der Waals surface area contributed by atoms with E-state index in [0.717, 1.165) is 10.2 Å². The van der Waals surface area contributed by atoms with Crippen molar-refractivity contribution in [2.75, 3.05) is 0 Å². The molecule has 0 saturated heterocycles. The van der Waals surface area contributed by atoms with Crippen molar-refractivity contribution in [3.63, 3.8) is 0 Å². The molecule has 1 saturated carbocycles. The lowest BCUT2D eigenvalue weighted by molar-refractivity contribution is 0.146. The fourth-order valence-electron chi connectivity index (χ4n) is 3.76. The second-order valence-electron chi connectivity index (χ2n) is 6.29. The molecule has 1 fully saturated rings. The number of aromatic nitrogens is 1. The minimum absolute atomic E-state index is 0.431. The van der Waals surface area contributed by atoms with Gasteiger partial charge >= 0.3 is 6.16 Å². The topological polar surface area (TPSA) is 62.3 Å². The van der Waals surface area contributed by atoms with Crippen molar-refractivity contribution in [3.05, 3.63) is 42.0 Å². The molecule has 0 aliphatic heterocycles. The highest BCUT2D eigenvalue weighted by Gasteiger charge is 2.25. The number of carbonyl (C=O) groups is 1. The van der Waals surface area contributed by atoms with Gasteiger partial charge in [-0.3, -0.25) is 0 Å². The largest absolute Gasteiger partial charge is 0.512 e. The third-order valence-electron chi connectivity index (χ3n) is 4.77. The molecule has 24 heavy (non-hydrogen) atoms. The first-order valence-corrected chi connectivity index (χ1v) is 9.15. The van der Waals surface area contributed by atoms with E-state index in [1.165, 1.54) is 60.3 Å². The van der Waals surface area contributed by atoms with E-state index in [1.54, 1.807) is 0 Å². The first-order valence-electron chi connectivity index (χ1n) is 8.34. The summed E-state index contributed by atoms with van der Waals surface area (Å²) in [4.78, 5) is 15.3. The van der Waals surface area contributed by atoms with E-state index >= 15 is 0 Å². The van der Waals surface area contributed by atoms with Gasteiger partial charge in [-0.1, -0.05) is 60.9 Å². The molecule has 0 radical (unpaired) electrons. The molecule has 0 unspecified atom stereocenters. The van der Waals surface area contributed by atoms with Gasteiger partial charge in [0.05, 0.1) is 5.69 Å². The van der Waals surface area contributed by atoms with Crippen LogP contribution in [0.15, 0.2) is 36.4 Å². The summed E-state index contributed by atoms with van der Waals surface area (Å²) >= 11 is 1.36. The van der Waals surface area contributed by atoms with Gasteiger partial charge in [-0.25, -0.2) is 4.79 Å². The van der Waals surface area contributed by atoms with Gasteiger partial charge in [0.25, 0.3) is 0 Å². The second-order valence-corrected chi connectivity index (χ2v) is 7.31. The monoisotopic (exact) mass is 341 g/mol. The zero-order valence-corrected chi connectivity index (χ0v) is 14.1. The molecule has 1 aliphatic rings. The van der Waals surface area contributed by atoms with Crippen LogP contribution in [0.2, 0.25) is 0 Å². The van der Waals surface area contributed by atoms with Crippen molar-refractivity contribution < 1.29 is 14.6 Å². The fraction of sp³-hybridized carbons (Fsp3) is 0.316. The molecule has 3 aromatic rings. The number of H-pyrrole nitrogens is 1. The number of rotatable bonds is 3. The molecule has 0 spiro atoms. The quantitative estimate of drug-likeness (QED) is 0.574. The van der Waals surface area contributed by atoms with Gasteiger partial charge < -0.3 is 14.8 Å². The van der Waals surface area contributed by atoms with E-state index in [2.05, 4.69) is 17.1 Å². The van der Waals surface area contributed by atoms with Gasteiger partial charge in [0.15, 0.2) is 5.06 Å². The highest BCUT2D eigenvalue weighted by Crippen LogP contribution is 2.45.